The molecule has 0 saturated heterocycles. The molecule has 0 rings (SSSR count). The lowest BCUT2D eigenvalue weighted by atomic mass is 10.0. The molecule has 5 heteroatoms. The fourth-order valence-corrected chi connectivity index (χ4v) is 6.56. The predicted molar refractivity (Wildman–Crippen MR) is 204 cm³/mol. The van der Waals surface area contributed by atoms with Gasteiger partial charge in [0.15, 0.2) is 0 Å². The topological polar surface area (TPSA) is 89.8 Å². The van der Waals surface area contributed by atoms with Gasteiger partial charge in [-0.05, 0) is 32.1 Å². The van der Waals surface area contributed by atoms with Crippen LogP contribution < -0.4 is 5.32 Å². The number of aliphatic hydroxyl groups is 3. The van der Waals surface area contributed by atoms with Crippen molar-refractivity contribution < 1.29 is 20.1 Å². The van der Waals surface area contributed by atoms with E-state index in [2.05, 4.69) is 31.3 Å². The molecule has 5 nitrogen and oxygen atoms in total. The Morgan fingerprint density at radius 1 is 0.511 bits per heavy atom. The largest absolute Gasteiger partial charge is 0.394 e. The van der Waals surface area contributed by atoms with Crippen LogP contribution in [0.2, 0.25) is 0 Å². The summed E-state index contributed by atoms with van der Waals surface area (Å²) in [6.45, 7) is 4.20. The van der Waals surface area contributed by atoms with Crippen molar-refractivity contribution in [1.29, 1.82) is 0 Å². The molecule has 1 amide bonds. The van der Waals surface area contributed by atoms with Gasteiger partial charge in [0.05, 0.1) is 31.3 Å². The highest BCUT2D eigenvalue weighted by Crippen LogP contribution is 2.16. The van der Waals surface area contributed by atoms with Crippen LogP contribution in [-0.2, 0) is 4.79 Å². The van der Waals surface area contributed by atoms with Crippen LogP contribution in [-0.4, -0.2) is 46.1 Å². The molecule has 3 unspecified atom stereocenters. The molecule has 0 spiro atoms. The summed E-state index contributed by atoms with van der Waals surface area (Å²) in [6, 6.07) is -0.660. The lowest BCUT2D eigenvalue weighted by Gasteiger charge is -2.23. The third kappa shape index (κ3) is 34.7. The number of hydrogen-bond acceptors (Lipinski definition) is 4. The van der Waals surface area contributed by atoms with Gasteiger partial charge in [-0.1, -0.05) is 199 Å². The minimum Gasteiger partial charge on any atom is -0.394 e. The summed E-state index contributed by atoms with van der Waals surface area (Å²) in [5, 5.41) is 33.2. The average molecular weight is 666 g/mol. The molecule has 0 fully saturated rings. The quantitative estimate of drug-likeness (QED) is 0.0390. The van der Waals surface area contributed by atoms with E-state index in [9.17, 15) is 20.1 Å². The zero-order valence-corrected chi connectivity index (χ0v) is 31.7. The van der Waals surface area contributed by atoms with Crippen LogP contribution in [0.4, 0.5) is 0 Å². The first-order chi connectivity index (χ1) is 23.0. The molecule has 0 aromatic carbocycles. The summed E-state index contributed by atoms with van der Waals surface area (Å²) in [5.41, 5.74) is 0. The highest BCUT2D eigenvalue weighted by Gasteiger charge is 2.21. The van der Waals surface area contributed by atoms with Crippen LogP contribution in [0, 0.1) is 0 Å². The highest BCUT2D eigenvalue weighted by molar-refractivity contribution is 5.76. The van der Waals surface area contributed by atoms with Gasteiger partial charge >= 0.3 is 0 Å². The smallest absolute Gasteiger partial charge is 0.222 e. The Morgan fingerprint density at radius 3 is 1.28 bits per heavy atom. The Hall–Kier alpha value is -0.910. The van der Waals surface area contributed by atoms with E-state index in [1.807, 2.05) is 0 Å². The monoisotopic (exact) mass is 666 g/mol. The van der Waals surface area contributed by atoms with E-state index in [0.29, 0.717) is 12.8 Å². The highest BCUT2D eigenvalue weighted by atomic mass is 16.3. The molecule has 4 N–H and O–H groups in total. The lowest BCUT2D eigenvalue weighted by Crippen LogP contribution is -2.46. The molecule has 0 saturated carbocycles. The van der Waals surface area contributed by atoms with Crippen molar-refractivity contribution in [3.8, 4) is 0 Å². The zero-order chi connectivity index (χ0) is 34.5. The number of unbranched alkanes of at least 4 members (excludes halogenated alkanes) is 27. The molecule has 0 aromatic rings. The first-order valence-electron chi connectivity index (χ1n) is 21.0. The van der Waals surface area contributed by atoms with E-state index < -0.39 is 18.2 Å². The van der Waals surface area contributed by atoms with Crippen LogP contribution in [0.1, 0.15) is 226 Å². The van der Waals surface area contributed by atoms with Crippen molar-refractivity contribution in [2.24, 2.45) is 0 Å². The van der Waals surface area contributed by atoms with E-state index >= 15 is 0 Å². The maximum absolute atomic E-state index is 12.3. The van der Waals surface area contributed by atoms with Gasteiger partial charge in [0.2, 0.25) is 5.91 Å². The number of aliphatic hydroxyl groups excluding tert-OH is 3. The van der Waals surface area contributed by atoms with Crippen molar-refractivity contribution in [2.75, 3.05) is 6.61 Å². The van der Waals surface area contributed by atoms with Crippen molar-refractivity contribution in [1.82, 2.24) is 5.32 Å². The predicted octanol–water partition coefficient (Wildman–Crippen LogP) is 11.7. The second-order valence-electron chi connectivity index (χ2n) is 14.6. The molecule has 0 bridgehead atoms. The van der Waals surface area contributed by atoms with Gasteiger partial charge < -0.3 is 20.6 Å². The number of nitrogens with one attached hydrogen (secondary N) is 1. The number of amides is 1. The minimum absolute atomic E-state index is 0.0229. The maximum Gasteiger partial charge on any atom is 0.222 e. The third-order valence-electron chi connectivity index (χ3n) is 9.83. The second kappa shape index (κ2) is 37.9. The molecule has 3 atom stereocenters. The summed E-state index contributed by atoms with van der Waals surface area (Å²) >= 11 is 0. The van der Waals surface area contributed by atoms with E-state index in [-0.39, 0.29) is 18.9 Å². The molecule has 0 aliphatic rings. The van der Waals surface area contributed by atoms with Crippen LogP contribution in [0.15, 0.2) is 12.2 Å². The van der Waals surface area contributed by atoms with Crippen molar-refractivity contribution in [2.45, 2.75) is 244 Å². The number of carbonyl (C=O) groups excluding carboxylic acids is 1. The molecule has 0 heterocycles. The minimum atomic E-state index is -0.750. The van der Waals surface area contributed by atoms with Gasteiger partial charge in [0, 0.05) is 0 Å². The number of hydrogen-bond donors (Lipinski definition) is 4. The van der Waals surface area contributed by atoms with Gasteiger partial charge in [-0.25, -0.2) is 0 Å². The Balaban J connectivity index is 3.52. The van der Waals surface area contributed by atoms with Gasteiger partial charge in [-0.3, -0.25) is 4.79 Å². The first-order valence-corrected chi connectivity index (χ1v) is 21.0. The van der Waals surface area contributed by atoms with Crippen LogP contribution in [0.5, 0.6) is 0 Å². The molecule has 0 radical (unpaired) electrons. The molecule has 0 aromatic heterocycles. The van der Waals surface area contributed by atoms with E-state index in [4.69, 9.17) is 0 Å². The number of allylic oxidation sites excluding steroid dienone is 2. The van der Waals surface area contributed by atoms with E-state index in [1.54, 1.807) is 0 Å². The van der Waals surface area contributed by atoms with E-state index in [0.717, 1.165) is 38.5 Å². The number of rotatable bonds is 38. The Labute approximate surface area is 293 Å². The van der Waals surface area contributed by atoms with Gasteiger partial charge in [0.25, 0.3) is 0 Å². The molecule has 47 heavy (non-hydrogen) atoms. The molecular weight excluding hydrogens is 582 g/mol. The summed E-state index contributed by atoms with van der Waals surface area (Å²) in [4.78, 5) is 12.3. The fraction of sp³-hybridized carbons (Fsp3) is 0.929. The summed E-state index contributed by atoms with van der Waals surface area (Å²) < 4.78 is 0. The van der Waals surface area contributed by atoms with Gasteiger partial charge in [0.1, 0.15) is 0 Å². The summed E-state index contributed by atoms with van der Waals surface area (Å²) in [5.74, 6) is -0.297. The normalized spacial score (nSPS) is 13.7. The zero-order valence-electron chi connectivity index (χ0n) is 31.7. The van der Waals surface area contributed by atoms with Crippen molar-refractivity contribution in [3.05, 3.63) is 12.2 Å². The fourth-order valence-electron chi connectivity index (χ4n) is 6.56. The average Bonchev–Trinajstić information content (AvgIpc) is 3.06. The molecule has 280 valence electrons. The van der Waals surface area contributed by atoms with Crippen LogP contribution >= 0.6 is 0 Å². The van der Waals surface area contributed by atoms with Crippen molar-refractivity contribution >= 4 is 5.91 Å². The Bertz CT molecular complexity index is 655. The standard InChI is InChI=1S/C42H83NO4/c1-3-5-7-9-11-13-14-15-16-17-18-19-20-21-22-23-24-25-26-27-28-30-32-34-36-41(46)40(38-44)43-42(47)37-39(45)35-33-31-29-12-10-8-6-4-2/h10,12,39-41,44-46H,3-9,11,13-38H2,1-2H3,(H,43,47)/b12-10-. The Kier molecular flexibility index (Phi) is 37.2. The number of carbonyl (C=O) groups is 1. The summed E-state index contributed by atoms with van der Waals surface area (Å²) in [6.07, 6.45) is 43.4. The van der Waals surface area contributed by atoms with Crippen LogP contribution in [0.3, 0.4) is 0 Å². The van der Waals surface area contributed by atoms with Gasteiger partial charge in [-0.15, -0.1) is 0 Å². The molecule has 0 aliphatic heterocycles. The SMILES string of the molecule is CCCC/C=C\CCCCC(O)CC(=O)NC(CO)C(O)CCCCCCCCCCCCCCCCCCCCCCCCCC. The van der Waals surface area contributed by atoms with Crippen LogP contribution in [0.25, 0.3) is 0 Å². The maximum atomic E-state index is 12.3. The molecule has 0 aliphatic carbocycles. The van der Waals surface area contributed by atoms with Crippen molar-refractivity contribution in [3.63, 3.8) is 0 Å². The lowest BCUT2D eigenvalue weighted by molar-refractivity contribution is -0.125. The molecular formula is C42H83NO4. The first kappa shape index (κ1) is 46.1. The van der Waals surface area contributed by atoms with E-state index in [1.165, 1.54) is 154 Å². The summed E-state index contributed by atoms with van der Waals surface area (Å²) in [7, 11) is 0. The second-order valence-corrected chi connectivity index (χ2v) is 14.6. The van der Waals surface area contributed by atoms with Gasteiger partial charge in [-0.2, -0.15) is 0 Å². The Morgan fingerprint density at radius 2 is 0.872 bits per heavy atom. The third-order valence-corrected chi connectivity index (χ3v) is 9.83.